The minimum absolute atomic E-state index is 0.00110. The number of hydrogen-bond donors (Lipinski definition) is 1. The SMILES string of the molecule is C[C@@H](NC(=O)COc1ccc(-c2ccccc2)cc1Cl)C12CC3CC(CC(C3)C1)C2. The summed E-state index contributed by atoms with van der Waals surface area (Å²) in [5, 5.41) is 3.78. The van der Waals surface area contributed by atoms with Crippen LogP contribution in [0.25, 0.3) is 11.1 Å². The minimum Gasteiger partial charge on any atom is -0.482 e. The number of ether oxygens (including phenoxy) is 1. The lowest BCUT2D eigenvalue weighted by Crippen LogP contribution is -2.56. The molecule has 4 saturated carbocycles. The second-order valence-corrected chi connectivity index (χ2v) is 10.3. The molecule has 0 aliphatic heterocycles. The van der Waals surface area contributed by atoms with E-state index in [-0.39, 0.29) is 18.6 Å². The van der Waals surface area contributed by atoms with Crippen LogP contribution < -0.4 is 10.1 Å². The van der Waals surface area contributed by atoms with Crippen LogP contribution >= 0.6 is 11.6 Å². The van der Waals surface area contributed by atoms with Crippen molar-refractivity contribution in [3.05, 3.63) is 53.6 Å². The van der Waals surface area contributed by atoms with E-state index in [4.69, 9.17) is 16.3 Å². The maximum Gasteiger partial charge on any atom is 0.258 e. The zero-order valence-corrected chi connectivity index (χ0v) is 18.3. The Kier molecular flexibility index (Phi) is 5.26. The number of halogens is 1. The molecule has 6 rings (SSSR count). The summed E-state index contributed by atoms with van der Waals surface area (Å²) >= 11 is 6.42. The molecule has 1 amide bonds. The fraction of sp³-hybridized carbons (Fsp3) is 0.500. The number of benzene rings is 2. The van der Waals surface area contributed by atoms with Gasteiger partial charge < -0.3 is 10.1 Å². The van der Waals surface area contributed by atoms with Gasteiger partial charge in [0.25, 0.3) is 5.91 Å². The van der Waals surface area contributed by atoms with Gasteiger partial charge in [-0.05, 0) is 91.9 Å². The molecule has 0 aromatic heterocycles. The normalized spacial score (nSPS) is 30.1. The Balaban J connectivity index is 1.19. The minimum atomic E-state index is -0.0542. The van der Waals surface area contributed by atoms with Crippen LogP contribution in [0.1, 0.15) is 45.4 Å². The van der Waals surface area contributed by atoms with Crippen LogP contribution in [0.5, 0.6) is 5.75 Å². The van der Waals surface area contributed by atoms with Crippen molar-refractivity contribution in [3.63, 3.8) is 0 Å². The van der Waals surface area contributed by atoms with E-state index < -0.39 is 0 Å². The molecule has 158 valence electrons. The lowest BCUT2D eigenvalue weighted by Gasteiger charge is -2.59. The topological polar surface area (TPSA) is 38.3 Å². The molecule has 30 heavy (non-hydrogen) atoms. The predicted octanol–water partition coefficient (Wildman–Crippen LogP) is 6.11. The van der Waals surface area contributed by atoms with Gasteiger partial charge in [-0.3, -0.25) is 4.79 Å². The smallest absolute Gasteiger partial charge is 0.258 e. The Morgan fingerprint density at radius 3 is 2.27 bits per heavy atom. The average molecular weight is 424 g/mol. The van der Waals surface area contributed by atoms with E-state index in [1.54, 1.807) is 0 Å². The third kappa shape index (κ3) is 3.85. The molecule has 4 heteroatoms. The number of amides is 1. The van der Waals surface area contributed by atoms with E-state index in [0.29, 0.717) is 16.2 Å². The first-order valence-corrected chi connectivity index (χ1v) is 11.7. The third-order valence-corrected chi connectivity index (χ3v) is 8.07. The number of rotatable bonds is 6. The van der Waals surface area contributed by atoms with E-state index in [0.717, 1.165) is 28.9 Å². The summed E-state index contributed by atoms with van der Waals surface area (Å²) in [4.78, 5) is 12.6. The Hall–Kier alpha value is -2.00. The highest BCUT2D eigenvalue weighted by molar-refractivity contribution is 6.32. The van der Waals surface area contributed by atoms with Crippen LogP contribution in [-0.4, -0.2) is 18.6 Å². The largest absolute Gasteiger partial charge is 0.482 e. The first kappa shape index (κ1) is 19.9. The average Bonchev–Trinajstić information content (AvgIpc) is 2.72. The van der Waals surface area contributed by atoms with Gasteiger partial charge in [-0.15, -0.1) is 0 Å². The van der Waals surface area contributed by atoms with Gasteiger partial charge >= 0.3 is 0 Å². The molecule has 4 aliphatic carbocycles. The van der Waals surface area contributed by atoms with Crippen molar-refractivity contribution in [2.24, 2.45) is 23.2 Å². The predicted molar refractivity (Wildman–Crippen MR) is 121 cm³/mol. The molecule has 0 unspecified atom stereocenters. The van der Waals surface area contributed by atoms with Gasteiger partial charge in [-0.2, -0.15) is 0 Å². The highest BCUT2D eigenvalue weighted by atomic mass is 35.5. The molecule has 4 aliphatic rings. The summed E-state index contributed by atoms with van der Waals surface area (Å²) in [6.45, 7) is 2.20. The summed E-state index contributed by atoms with van der Waals surface area (Å²) in [6, 6.07) is 16.0. The second-order valence-electron chi connectivity index (χ2n) is 9.87. The first-order valence-electron chi connectivity index (χ1n) is 11.3. The van der Waals surface area contributed by atoms with E-state index in [1.165, 1.54) is 38.5 Å². The number of nitrogens with one attached hydrogen (secondary N) is 1. The summed E-state index contributed by atoms with van der Waals surface area (Å²) in [6.07, 6.45) is 8.11. The molecule has 0 spiro atoms. The number of hydrogen-bond acceptors (Lipinski definition) is 2. The van der Waals surface area contributed by atoms with Crippen LogP contribution in [0.4, 0.5) is 0 Å². The van der Waals surface area contributed by atoms with Crippen molar-refractivity contribution >= 4 is 17.5 Å². The van der Waals surface area contributed by atoms with Crippen LogP contribution in [0.2, 0.25) is 5.02 Å². The molecule has 1 N–H and O–H groups in total. The molecule has 2 aromatic carbocycles. The lowest BCUT2D eigenvalue weighted by atomic mass is 9.48. The van der Waals surface area contributed by atoms with Gasteiger partial charge in [-0.25, -0.2) is 0 Å². The number of carbonyl (C=O) groups excluding carboxylic acids is 1. The maximum absolute atomic E-state index is 12.6. The van der Waals surface area contributed by atoms with Gasteiger partial charge in [0.05, 0.1) is 5.02 Å². The van der Waals surface area contributed by atoms with Gasteiger partial charge in [0, 0.05) is 6.04 Å². The van der Waals surface area contributed by atoms with Crippen LogP contribution in [0, 0.1) is 23.2 Å². The van der Waals surface area contributed by atoms with Gasteiger partial charge in [0.1, 0.15) is 5.75 Å². The van der Waals surface area contributed by atoms with E-state index >= 15 is 0 Å². The van der Waals surface area contributed by atoms with E-state index in [9.17, 15) is 4.79 Å². The number of carbonyl (C=O) groups is 1. The van der Waals surface area contributed by atoms with Gasteiger partial charge in [0.15, 0.2) is 6.61 Å². The van der Waals surface area contributed by atoms with Crippen molar-refractivity contribution in [1.29, 1.82) is 0 Å². The zero-order chi connectivity index (χ0) is 20.7. The zero-order valence-electron chi connectivity index (χ0n) is 17.6. The van der Waals surface area contributed by atoms with Crippen molar-refractivity contribution in [3.8, 4) is 16.9 Å². The molecular weight excluding hydrogens is 394 g/mol. The van der Waals surface area contributed by atoms with Gasteiger partial charge in [-0.1, -0.05) is 48.0 Å². The fourth-order valence-electron chi connectivity index (χ4n) is 6.72. The Morgan fingerprint density at radius 1 is 1.03 bits per heavy atom. The molecule has 4 bridgehead atoms. The van der Waals surface area contributed by atoms with E-state index in [2.05, 4.69) is 12.2 Å². The highest BCUT2D eigenvalue weighted by Crippen LogP contribution is 2.61. The molecular formula is C26H30ClNO2. The molecule has 0 saturated heterocycles. The molecule has 2 aromatic rings. The molecule has 1 atom stereocenters. The van der Waals surface area contributed by atoms with Crippen LogP contribution in [0.15, 0.2) is 48.5 Å². The Labute approximate surface area is 184 Å². The van der Waals surface area contributed by atoms with Crippen LogP contribution in [0.3, 0.4) is 0 Å². The van der Waals surface area contributed by atoms with Gasteiger partial charge in [0.2, 0.25) is 0 Å². The van der Waals surface area contributed by atoms with Crippen molar-refractivity contribution in [2.75, 3.05) is 6.61 Å². The molecule has 3 nitrogen and oxygen atoms in total. The Bertz CT molecular complexity index is 891. The Morgan fingerprint density at radius 2 is 1.67 bits per heavy atom. The quantitative estimate of drug-likeness (QED) is 0.608. The molecule has 0 heterocycles. The molecule has 4 fully saturated rings. The van der Waals surface area contributed by atoms with Crippen molar-refractivity contribution in [2.45, 2.75) is 51.5 Å². The fourth-order valence-corrected chi connectivity index (χ4v) is 6.95. The van der Waals surface area contributed by atoms with Crippen LogP contribution in [-0.2, 0) is 4.79 Å². The molecule has 0 radical (unpaired) electrons. The van der Waals surface area contributed by atoms with E-state index in [1.807, 2.05) is 48.5 Å². The monoisotopic (exact) mass is 423 g/mol. The third-order valence-electron chi connectivity index (χ3n) is 7.78. The summed E-state index contributed by atoms with van der Waals surface area (Å²) < 4.78 is 5.77. The lowest BCUT2D eigenvalue weighted by molar-refractivity contribution is -0.127. The first-order chi connectivity index (χ1) is 14.5. The summed E-state index contributed by atoms with van der Waals surface area (Å²) in [5.74, 6) is 3.15. The van der Waals surface area contributed by atoms with Crippen molar-refractivity contribution < 1.29 is 9.53 Å². The summed E-state index contributed by atoms with van der Waals surface area (Å²) in [5.41, 5.74) is 2.44. The maximum atomic E-state index is 12.6. The standard InChI is InChI=1S/C26H30ClNO2/c1-17(26-13-18-9-19(14-26)11-20(10-18)15-26)28-25(29)16-30-24-8-7-22(12-23(24)27)21-5-3-2-4-6-21/h2-8,12,17-20H,9-11,13-16H2,1H3,(H,28,29)/t17-,18?,19?,20?,26?/m1/s1. The summed E-state index contributed by atoms with van der Waals surface area (Å²) in [7, 11) is 0. The highest BCUT2D eigenvalue weighted by Gasteiger charge is 2.53. The van der Waals surface area contributed by atoms with Crippen molar-refractivity contribution in [1.82, 2.24) is 5.32 Å². The second kappa shape index (κ2) is 7.92.